The summed E-state index contributed by atoms with van der Waals surface area (Å²) >= 11 is 0. The highest BCUT2D eigenvalue weighted by Crippen LogP contribution is 2.18. The first kappa shape index (κ1) is 56.6. The molecule has 0 aliphatic rings. The summed E-state index contributed by atoms with van der Waals surface area (Å²) in [5, 5.41) is 23.7. The van der Waals surface area contributed by atoms with E-state index in [2.05, 4.69) is 38.2 Å². The van der Waals surface area contributed by atoms with Crippen LogP contribution in [-0.2, 0) is 14.3 Å². The maximum atomic E-state index is 13.2. The number of nitrogens with one attached hydrogen (secondary N) is 1. The van der Waals surface area contributed by atoms with Gasteiger partial charge >= 0.3 is 5.97 Å². The quantitative estimate of drug-likeness (QED) is 0.0323. The van der Waals surface area contributed by atoms with Gasteiger partial charge in [-0.2, -0.15) is 0 Å². The Morgan fingerprint density at radius 1 is 0.483 bits per heavy atom. The van der Waals surface area contributed by atoms with Gasteiger partial charge in [-0.25, -0.2) is 0 Å². The first-order valence-corrected chi connectivity index (χ1v) is 25.9. The van der Waals surface area contributed by atoms with Gasteiger partial charge in [-0.05, 0) is 51.4 Å². The third kappa shape index (κ3) is 41.3. The Bertz CT molecular complexity index is 878. The molecular formula is C52H101NO5. The highest BCUT2D eigenvalue weighted by atomic mass is 16.5. The van der Waals surface area contributed by atoms with Crippen molar-refractivity contribution >= 4 is 11.9 Å². The molecule has 3 atom stereocenters. The average molecular weight is 820 g/mol. The average Bonchev–Trinajstić information content (AvgIpc) is 3.22. The van der Waals surface area contributed by atoms with Crippen molar-refractivity contribution in [2.45, 2.75) is 302 Å². The van der Waals surface area contributed by atoms with Crippen LogP contribution in [0.15, 0.2) is 12.2 Å². The molecule has 3 N–H and O–H groups in total. The molecule has 344 valence electrons. The van der Waals surface area contributed by atoms with Crippen LogP contribution in [0.5, 0.6) is 0 Å². The molecule has 6 nitrogen and oxygen atoms in total. The van der Waals surface area contributed by atoms with Gasteiger partial charge in [0.2, 0.25) is 5.91 Å². The van der Waals surface area contributed by atoms with Gasteiger partial charge in [0.05, 0.1) is 25.2 Å². The molecule has 58 heavy (non-hydrogen) atoms. The Labute approximate surface area is 361 Å². The van der Waals surface area contributed by atoms with Crippen LogP contribution in [0, 0.1) is 0 Å². The van der Waals surface area contributed by atoms with Gasteiger partial charge < -0.3 is 20.3 Å². The standard InChI is InChI=1S/C52H101NO5/c1-4-7-10-13-16-19-22-24-25-26-27-29-31-34-37-40-43-48(58-52(57)45-42-39-36-33-28-21-18-15-12-9-6-3)46-51(56)53-49(47-54)50(55)44-41-38-35-32-30-23-20-17-14-11-8-5-2/h27,29,48-50,54-55H,4-26,28,30-47H2,1-3H3,(H,53,56)/b29-27+. The number of hydrogen-bond acceptors (Lipinski definition) is 5. The van der Waals surface area contributed by atoms with Crippen LogP contribution in [0.25, 0.3) is 0 Å². The molecule has 0 saturated carbocycles. The van der Waals surface area contributed by atoms with E-state index in [0.717, 1.165) is 57.8 Å². The Balaban J connectivity index is 4.56. The van der Waals surface area contributed by atoms with Crippen LogP contribution in [-0.4, -0.2) is 46.9 Å². The maximum Gasteiger partial charge on any atom is 0.306 e. The van der Waals surface area contributed by atoms with Crippen molar-refractivity contribution in [3.8, 4) is 0 Å². The minimum Gasteiger partial charge on any atom is -0.462 e. The number of rotatable bonds is 47. The van der Waals surface area contributed by atoms with Gasteiger partial charge in [0.1, 0.15) is 6.10 Å². The monoisotopic (exact) mass is 820 g/mol. The fraction of sp³-hybridized carbons (Fsp3) is 0.923. The van der Waals surface area contributed by atoms with Crippen LogP contribution in [0.1, 0.15) is 284 Å². The minimum absolute atomic E-state index is 0.0739. The summed E-state index contributed by atoms with van der Waals surface area (Å²) in [6.07, 6.45) is 51.3. The Kier molecular flexibility index (Phi) is 45.5. The van der Waals surface area contributed by atoms with E-state index in [1.165, 1.54) is 180 Å². The van der Waals surface area contributed by atoms with Crippen LogP contribution in [0.3, 0.4) is 0 Å². The van der Waals surface area contributed by atoms with Gasteiger partial charge in [0.15, 0.2) is 0 Å². The van der Waals surface area contributed by atoms with E-state index in [1.54, 1.807) is 0 Å². The van der Waals surface area contributed by atoms with E-state index in [4.69, 9.17) is 4.74 Å². The summed E-state index contributed by atoms with van der Waals surface area (Å²) in [5.41, 5.74) is 0. The summed E-state index contributed by atoms with van der Waals surface area (Å²) in [7, 11) is 0. The van der Waals surface area contributed by atoms with E-state index in [-0.39, 0.29) is 24.9 Å². The molecule has 0 aromatic heterocycles. The lowest BCUT2D eigenvalue weighted by molar-refractivity contribution is -0.151. The Morgan fingerprint density at radius 2 is 0.828 bits per heavy atom. The fourth-order valence-electron chi connectivity index (χ4n) is 8.13. The Morgan fingerprint density at radius 3 is 1.24 bits per heavy atom. The van der Waals surface area contributed by atoms with Gasteiger partial charge in [-0.15, -0.1) is 0 Å². The molecule has 0 aromatic rings. The molecule has 0 aromatic carbocycles. The van der Waals surface area contributed by atoms with Crippen LogP contribution in [0.2, 0.25) is 0 Å². The van der Waals surface area contributed by atoms with Gasteiger partial charge in [-0.1, -0.05) is 232 Å². The molecule has 0 rings (SSSR count). The molecule has 0 heterocycles. The third-order valence-corrected chi connectivity index (χ3v) is 12.1. The zero-order valence-corrected chi connectivity index (χ0v) is 39.2. The van der Waals surface area contributed by atoms with Crippen molar-refractivity contribution in [1.82, 2.24) is 5.32 Å². The smallest absolute Gasteiger partial charge is 0.306 e. The van der Waals surface area contributed by atoms with E-state index in [1.807, 2.05) is 0 Å². The molecule has 0 fully saturated rings. The lowest BCUT2D eigenvalue weighted by Gasteiger charge is -2.24. The second-order valence-corrected chi connectivity index (χ2v) is 17.9. The first-order valence-electron chi connectivity index (χ1n) is 25.9. The molecule has 6 heteroatoms. The normalized spacial score (nSPS) is 13.3. The highest BCUT2D eigenvalue weighted by molar-refractivity contribution is 5.77. The van der Waals surface area contributed by atoms with Crippen molar-refractivity contribution in [2.75, 3.05) is 6.61 Å². The second-order valence-electron chi connectivity index (χ2n) is 17.9. The number of esters is 1. The highest BCUT2D eigenvalue weighted by Gasteiger charge is 2.24. The number of hydrogen-bond donors (Lipinski definition) is 3. The van der Waals surface area contributed by atoms with Crippen molar-refractivity contribution in [3.05, 3.63) is 12.2 Å². The molecular weight excluding hydrogens is 719 g/mol. The van der Waals surface area contributed by atoms with Gasteiger partial charge in [0, 0.05) is 6.42 Å². The maximum absolute atomic E-state index is 13.2. The van der Waals surface area contributed by atoms with Crippen molar-refractivity contribution in [3.63, 3.8) is 0 Å². The minimum atomic E-state index is -0.785. The molecule has 0 saturated heterocycles. The summed E-state index contributed by atoms with van der Waals surface area (Å²) in [6.45, 7) is 6.49. The summed E-state index contributed by atoms with van der Waals surface area (Å²) in [4.78, 5) is 26.1. The number of ether oxygens (including phenoxy) is 1. The second kappa shape index (κ2) is 46.7. The van der Waals surface area contributed by atoms with Crippen LogP contribution >= 0.6 is 0 Å². The lowest BCUT2D eigenvalue weighted by atomic mass is 10.0. The molecule has 0 bridgehead atoms. The number of unbranched alkanes of at least 4 members (excludes halogenated alkanes) is 33. The van der Waals surface area contributed by atoms with Crippen molar-refractivity contribution in [2.24, 2.45) is 0 Å². The van der Waals surface area contributed by atoms with E-state index in [9.17, 15) is 19.8 Å². The van der Waals surface area contributed by atoms with Crippen LogP contribution < -0.4 is 5.32 Å². The van der Waals surface area contributed by atoms with Gasteiger partial charge in [-0.3, -0.25) is 9.59 Å². The molecule has 3 unspecified atom stereocenters. The number of aliphatic hydroxyl groups excluding tert-OH is 2. The number of aliphatic hydroxyl groups is 2. The molecule has 0 aliphatic heterocycles. The zero-order chi connectivity index (χ0) is 42.4. The molecule has 0 radical (unpaired) electrons. The largest absolute Gasteiger partial charge is 0.462 e. The topological polar surface area (TPSA) is 95.9 Å². The number of allylic oxidation sites excluding steroid dienone is 2. The molecule has 0 aliphatic carbocycles. The summed E-state index contributed by atoms with van der Waals surface area (Å²) < 4.78 is 5.92. The van der Waals surface area contributed by atoms with Crippen molar-refractivity contribution < 1.29 is 24.5 Å². The van der Waals surface area contributed by atoms with E-state index < -0.39 is 18.2 Å². The summed E-state index contributed by atoms with van der Waals surface area (Å²) in [6, 6.07) is -0.699. The first-order chi connectivity index (χ1) is 28.5. The zero-order valence-electron chi connectivity index (χ0n) is 39.2. The lowest BCUT2D eigenvalue weighted by Crippen LogP contribution is -2.46. The number of amides is 1. The fourth-order valence-corrected chi connectivity index (χ4v) is 8.13. The molecule has 1 amide bonds. The van der Waals surface area contributed by atoms with E-state index in [0.29, 0.717) is 19.3 Å². The number of carbonyl (C=O) groups is 2. The number of carbonyl (C=O) groups excluding carboxylic acids is 2. The van der Waals surface area contributed by atoms with Crippen LogP contribution in [0.4, 0.5) is 0 Å². The Hall–Kier alpha value is -1.40. The molecule has 0 spiro atoms. The predicted molar refractivity (Wildman–Crippen MR) is 250 cm³/mol. The van der Waals surface area contributed by atoms with Gasteiger partial charge in [0.25, 0.3) is 0 Å². The van der Waals surface area contributed by atoms with E-state index >= 15 is 0 Å². The third-order valence-electron chi connectivity index (χ3n) is 12.1. The predicted octanol–water partition coefficient (Wildman–Crippen LogP) is 15.3. The van der Waals surface area contributed by atoms with Crippen molar-refractivity contribution in [1.29, 1.82) is 0 Å². The SMILES string of the molecule is CCCCCCCCCCC/C=C/CCCCCC(CC(=O)NC(CO)C(O)CCCCCCCCCCCCCC)OC(=O)CCCCCCCCCCCCC. The summed E-state index contributed by atoms with van der Waals surface area (Å²) in [5.74, 6) is -0.474.